The van der Waals surface area contributed by atoms with Crippen LogP contribution in [0.4, 0.5) is 0 Å². The first-order valence-corrected chi connectivity index (χ1v) is 5.58. The number of hydrogen-bond acceptors (Lipinski definition) is 3. The van der Waals surface area contributed by atoms with Crippen LogP contribution in [0.2, 0.25) is 0 Å². The summed E-state index contributed by atoms with van der Waals surface area (Å²) in [5.41, 5.74) is 0.374. The van der Waals surface area contributed by atoms with Gasteiger partial charge in [-0.15, -0.1) is 0 Å². The second-order valence-corrected chi connectivity index (χ2v) is 4.35. The molecule has 6 heteroatoms. The fraction of sp³-hybridized carbons (Fsp3) is 0.545. The second-order valence-electron chi connectivity index (χ2n) is 4.35. The Hall–Kier alpha value is -1.85. The van der Waals surface area contributed by atoms with Crippen molar-refractivity contribution in [1.82, 2.24) is 14.5 Å². The molecule has 1 aliphatic heterocycles. The van der Waals surface area contributed by atoms with Crippen LogP contribution in [0.3, 0.4) is 0 Å². The van der Waals surface area contributed by atoms with E-state index in [1.54, 1.807) is 29.0 Å². The molecule has 2 heterocycles. The molecule has 1 unspecified atom stereocenters. The van der Waals surface area contributed by atoms with Gasteiger partial charge in [0.05, 0.1) is 12.2 Å². The number of hydrogen-bond donors (Lipinski definition) is 1. The molecule has 0 spiro atoms. The van der Waals surface area contributed by atoms with Crippen LogP contribution in [0.1, 0.15) is 23.3 Å². The first-order valence-electron chi connectivity index (χ1n) is 5.58. The zero-order valence-corrected chi connectivity index (χ0v) is 9.67. The Labute approximate surface area is 98.9 Å². The highest BCUT2D eigenvalue weighted by molar-refractivity contribution is 5.92. The van der Waals surface area contributed by atoms with Crippen LogP contribution >= 0.6 is 0 Å². The SMILES string of the molecule is Cn1cnc(C(=O)N2CCCC(C(=O)O)C2)c1. The average Bonchev–Trinajstić information content (AvgIpc) is 2.75. The van der Waals surface area contributed by atoms with Gasteiger partial charge in [-0.25, -0.2) is 4.98 Å². The van der Waals surface area contributed by atoms with Gasteiger partial charge in [0.1, 0.15) is 5.69 Å². The number of likely N-dealkylation sites (tertiary alicyclic amines) is 1. The number of piperidine rings is 1. The van der Waals surface area contributed by atoms with E-state index in [1.165, 1.54) is 0 Å². The Kier molecular flexibility index (Phi) is 3.12. The van der Waals surface area contributed by atoms with E-state index < -0.39 is 11.9 Å². The number of rotatable bonds is 2. The molecule has 17 heavy (non-hydrogen) atoms. The summed E-state index contributed by atoms with van der Waals surface area (Å²) in [6.45, 7) is 0.893. The van der Waals surface area contributed by atoms with E-state index in [0.29, 0.717) is 18.7 Å². The molecule has 0 aliphatic carbocycles. The van der Waals surface area contributed by atoms with Gasteiger partial charge in [-0.05, 0) is 12.8 Å². The van der Waals surface area contributed by atoms with Gasteiger partial charge >= 0.3 is 5.97 Å². The molecule has 1 N–H and O–H groups in total. The van der Waals surface area contributed by atoms with Crippen LogP contribution in [0.15, 0.2) is 12.5 Å². The molecule has 6 nitrogen and oxygen atoms in total. The third-order valence-corrected chi connectivity index (χ3v) is 2.98. The Balaban J connectivity index is 2.07. The number of carbonyl (C=O) groups excluding carboxylic acids is 1. The van der Waals surface area contributed by atoms with Crippen molar-refractivity contribution in [3.63, 3.8) is 0 Å². The van der Waals surface area contributed by atoms with Gasteiger partial charge in [0, 0.05) is 26.3 Å². The highest BCUT2D eigenvalue weighted by Crippen LogP contribution is 2.18. The van der Waals surface area contributed by atoms with Gasteiger partial charge in [0.2, 0.25) is 0 Å². The summed E-state index contributed by atoms with van der Waals surface area (Å²) in [5, 5.41) is 8.95. The number of nitrogens with zero attached hydrogens (tertiary/aromatic N) is 3. The monoisotopic (exact) mass is 237 g/mol. The first-order chi connectivity index (χ1) is 8.08. The van der Waals surface area contributed by atoms with Gasteiger partial charge < -0.3 is 14.6 Å². The van der Waals surface area contributed by atoms with Crippen molar-refractivity contribution < 1.29 is 14.7 Å². The van der Waals surface area contributed by atoms with Gasteiger partial charge in [-0.1, -0.05) is 0 Å². The second kappa shape index (κ2) is 4.57. The molecule has 1 atom stereocenters. The Morgan fingerprint density at radius 1 is 1.53 bits per heavy atom. The van der Waals surface area contributed by atoms with E-state index in [1.807, 2.05) is 0 Å². The van der Waals surface area contributed by atoms with Gasteiger partial charge in [-0.2, -0.15) is 0 Å². The van der Waals surface area contributed by atoms with Crippen LogP contribution < -0.4 is 0 Å². The highest BCUT2D eigenvalue weighted by Gasteiger charge is 2.29. The topological polar surface area (TPSA) is 75.4 Å². The van der Waals surface area contributed by atoms with Crippen LogP contribution in [-0.2, 0) is 11.8 Å². The minimum Gasteiger partial charge on any atom is -0.481 e. The van der Waals surface area contributed by atoms with Crippen molar-refractivity contribution in [3.05, 3.63) is 18.2 Å². The molecular weight excluding hydrogens is 222 g/mol. The molecule has 1 saturated heterocycles. The lowest BCUT2D eigenvalue weighted by molar-refractivity contribution is -0.143. The molecule has 0 radical (unpaired) electrons. The van der Waals surface area contributed by atoms with Crippen molar-refractivity contribution in [1.29, 1.82) is 0 Å². The molecule has 1 aromatic rings. The molecule has 2 rings (SSSR count). The van der Waals surface area contributed by atoms with Crippen LogP contribution in [0, 0.1) is 5.92 Å². The lowest BCUT2D eigenvalue weighted by Gasteiger charge is -2.30. The molecule has 0 saturated carbocycles. The standard InChI is InChI=1S/C11H15N3O3/c1-13-6-9(12-7-13)10(15)14-4-2-3-8(5-14)11(16)17/h6-8H,2-5H2,1H3,(H,16,17). The predicted molar refractivity (Wildman–Crippen MR) is 59.5 cm³/mol. The number of aliphatic carboxylic acids is 1. The predicted octanol–water partition coefficient (Wildman–Crippen LogP) is 0.357. The third-order valence-electron chi connectivity index (χ3n) is 2.98. The molecule has 1 amide bonds. The van der Waals surface area contributed by atoms with E-state index >= 15 is 0 Å². The molecule has 1 fully saturated rings. The van der Waals surface area contributed by atoms with Crippen LogP contribution in [0.25, 0.3) is 0 Å². The first kappa shape index (κ1) is 11.6. The normalized spacial score (nSPS) is 20.3. The average molecular weight is 237 g/mol. The Bertz CT molecular complexity index is 441. The number of carboxylic acids is 1. The van der Waals surface area contributed by atoms with Crippen LogP contribution in [-0.4, -0.2) is 44.5 Å². The van der Waals surface area contributed by atoms with Gasteiger partial charge in [0.15, 0.2) is 0 Å². The molecule has 92 valence electrons. The summed E-state index contributed by atoms with van der Waals surface area (Å²) in [6.07, 6.45) is 4.58. The third kappa shape index (κ3) is 2.46. The number of aryl methyl sites for hydroxylation is 1. The smallest absolute Gasteiger partial charge is 0.308 e. The number of carbonyl (C=O) groups is 2. The quantitative estimate of drug-likeness (QED) is 0.805. The molecule has 1 aromatic heterocycles. The summed E-state index contributed by atoms with van der Waals surface area (Å²) in [7, 11) is 1.79. The van der Waals surface area contributed by atoms with Crippen molar-refractivity contribution >= 4 is 11.9 Å². The van der Waals surface area contributed by atoms with Crippen molar-refractivity contribution in [3.8, 4) is 0 Å². The summed E-state index contributed by atoms with van der Waals surface area (Å²) < 4.78 is 1.70. The number of amides is 1. The number of carboxylic acid groups (broad SMARTS) is 1. The zero-order valence-electron chi connectivity index (χ0n) is 9.67. The van der Waals surface area contributed by atoms with E-state index in [4.69, 9.17) is 5.11 Å². The lowest BCUT2D eigenvalue weighted by Crippen LogP contribution is -2.42. The fourth-order valence-electron chi connectivity index (χ4n) is 2.05. The summed E-state index contributed by atoms with van der Waals surface area (Å²) in [6, 6.07) is 0. The minimum atomic E-state index is -0.830. The van der Waals surface area contributed by atoms with Crippen molar-refractivity contribution in [2.75, 3.05) is 13.1 Å². The molecule has 0 bridgehead atoms. The highest BCUT2D eigenvalue weighted by atomic mass is 16.4. The molecular formula is C11H15N3O3. The van der Waals surface area contributed by atoms with Crippen molar-refractivity contribution in [2.24, 2.45) is 13.0 Å². The summed E-state index contributed by atoms with van der Waals surface area (Å²) in [5.74, 6) is -1.46. The fourth-order valence-corrected chi connectivity index (χ4v) is 2.05. The van der Waals surface area contributed by atoms with E-state index in [-0.39, 0.29) is 12.5 Å². The number of aromatic nitrogens is 2. The Morgan fingerprint density at radius 2 is 2.29 bits per heavy atom. The van der Waals surface area contributed by atoms with E-state index in [0.717, 1.165) is 6.42 Å². The summed E-state index contributed by atoms with van der Waals surface area (Å²) in [4.78, 5) is 28.5. The maximum atomic E-state index is 12.0. The Morgan fingerprint density at radius 3 is 2.88 bits per heavy atom. The van der Waals surface area contributed by atoms with E-state index in [2.05, 4.69) is 4.98 Å². The zero-order chi connectivity index (χ0) is 12.4. The van der Waals surface area contributed by atoms with E-state index in [9.17, 15) is 9.59 Å². The molecule has 0 aromatic carbocycles. The lowest BCUT2D eigenvalue weighted by atomic mass is 9.98. The van der Waals surface area contributed by atoms with Crippen LogP contribution in [0.5, 0.6) is 0 Å². The maximum absolute atomic E-state index is 12.0. The van der Waals surface area contributed by atoms with Crippen molar-refractivity contribution in [2.45, 2.75) is 12.8 Å². The molecule has 1 aliphatic rings. The maximum Gasteiger partial charge on any atom is 0.308 e. The summed E-state index contributed by atoms with van der Waals surface area (Å²) >= 11 is 0. The van der Waals surface area contributed by atoms with Gasteiger partial charge in [0.25, 0.3) is 5.91 Å². The number of imidazole rings is 1. The van der Waals surface area contributed by atoms with Gasteiger partial charge in [-0.3, -0.25) is 9.59 Å². The minimum absolute atomic E-state index is 0.184. The largest absolute Gasteiger partial charge is 0.481 e.